The van der Waals surface area contributed by atoms with Crippen molar-refractivity contribution in [2.45, 2.75) is 19.0 Å². The number of amides is 2. The highest BCUT2D eigenvalue weighted by Crippen LogP contribution is 2.16. The summed E-state index contributed by atoms with van der Waals surface area (Å²) in [6.07, 6.45) is 0. The van der Waals surface area contributed by atoms with Gasteiger partial charge in [0, 0.05) is 11.0 Å². The van der Waals surface area contributed by atoms with Crippen molar-refractivity contribution in [2.75, 3.05) is 13.1 Å². The summed E-state index contributed by atoms with van der Waals surface area (Å²) < 4.78 is 1.01. The van der Waals surface area contributed by atoms with Gasteiger partial charge in [0.1, 0.15) is 6.04 Å². The van der Waals surface area contributed by atoms with Gasteiger partial charge in [0.05, 0.1) is 12.6 Å². The van der Waals surface area contributed by atoms with Crippen LogP contribution in [0.2, 0.25) is 0 Å². The summed E-state index contributed by atoms with van der Waals surface area (Å²) in [4.78, 5) is 23.0. The van der Waals surface area contributed by atoms with Crippen molar-refractivity contribution in [3.05, 3.63) is 34.3 Å². The maximum absolute atomic E-state index is 12.0. The Bertz CT molecular complexity index is 465. The van der Waals surface area contributed by atoms with Crippen LogP contribution in [0.15, 0.2) is 28.7 Å². The molecule has 0 aromatic heterocycles. The Hall–Kier alpha value is -1.40. The molecule has 0 spiro atoms. The Morgan fingerprint density at radius 1 is 1.42 bits per heavy atom. The van der Waals surface area contributed by atoms with Gasteiger partial charge in [0.25, 0.3) is 0 Å². The van der Waals surface area contributed by atoms with Crippen molar-refractivity contribution in [3.63, 3.8) is 0 Å². The molecule has 6 heteroatoms. The third-order valence-corrected chi connectivity index (χ3v) is 3.59. The molecule has 1 aliphatic heterocycles. The number of benzene rings is 1. The molecule has 1 fully saturated rings. The number of carbonyl (C=O) groups is 2. The summed E-state index contributed by atoms with van der Waals surface area (Å²) in [7, 11) is 0. The van der Waals surface area contributed by atoms with E-state index in [-0.39, 0.29) is 30.4 Å². The van der Waals surface area contributed by atoms with Crippen molar-refractivity contribution in [3.8, 4) is 0 Å². The molecule has 3 N–H and O–H groups in total. The van der Waals surface area contributed by atoms with Crippen molar-refractivity contribution in [1.82, 2.24) is 16.0 Å². The molecule has 1 unspecified atom stereocenters. The van der Waals surface area contributed by atoms with Gasteiger partial charge in [0.15, 0.2) is 0 Å². The zero-order chi connectivity index (χ0) is 13.8. The van der Waals surface area contributed by atoms with Crippen LogP contribution in [0.3, 0.4) is 0 Å². The summed E-state index contributed by atoms with van der Waals surface area (Å²) in [5.41, 5.74) is 1.04. The fourth-order valence-electron chi connectivity index (χ4n) is 1.90. The SMILES string of the molecule is C[C@H](NC(=O)C1CNC(=O)CN1)c1ccc(Br)cc1. The third-order valence-electron chi connectivity index (χ3n) is 3.06. The van der Waals surface area contributed by atoms with Crippen molar-refractivity contribution >= 4 is 27.7 Å². The Morgan fingerprint density at radius 3 is 2.68 bits per heavy atom. The molecule has 0 radical (unpaired) electrons. The van der Waals surface area contributed by atoms with Gasteiger partial charge in [-0.15, -0.1) is 0 Å². The van der Waals surface area contributed by atoms with Gasteiger partial charge in [0.2, 0.25) is 11.8 Å². The molecule has 1 aliphatic rings. The molecule has 2 rings (SSSR count). The number of halogens is 1. The highest BCUT2D eigenvalue weighted by molar-refractivity contribution is 9.10. The summed E-state index contributed by atoms with van der Waals surface area (Å²) in [6, 6.07) is 7.38. The van der Waals surface area contributed by atoms with Gasteiger partial charge in [-0.1, -0.05) is 28.1 Å². The number of nitrogens with one attached hydrogen (secondary N) is 3. The molecule has 0 bridgehead atoms. The summed E-state index contributed by atoms with van der Waals surface area (Å²) >= 11 is 3.38. The van der Waals surface area contributed by atoms with E-state index in [1.54, 1.807) is 0 Å². The molecule has 0 saturated carbocycles. The maximum atomic E-state index is 12.0. The van der Waals surface area contributed by atoms with Gasteiger partial charge in [-0.2, -0.15) is 0 Å². The van der Waals surface area contributed by atoms with E-state index in [9.17, 15) is 9.59 Å². The summed E-state index contributed by atoms with van der Waals surface area (Å²) in [5.74, 6) is -0.180. The first-order valence-electron chi connectivity index (χ1n) is 6.12. The number of carbonyl (C=O) groups excluding carboxylic acids is 2. The van der Waals surface area contributed by atoms with Crippen LogP contribution in [0.5, 0.6) is 0 Å². The monoisotopic (exact) mass is 325 g/mol. The largest absolute Gasteiger partial charge is 0.353 e. The number of hydrogen-bond donors (Lipinski definition) is 3. The van der Waals surface area contributed by atoms with Gasteiger partial charge in [-0.25, -0.2) is 0 Å². The van der Waals surface area contributed by atoms with E-state index in [0.29, 0.717) is 6.54 Å². The molecule has 1 aromatic carbocycles. The number of piperazine rings is 1. The predicted molar refractivity (Wildman–Crippen MR) is 75.5 cm³/mol. The van der Waals surface area contributed by atoms with Gasteiger partial charge < -0.3 is 10.6 Å². The average molecular weight is 326 g/mol. The van der Waals surface area contributed by atoms with E-state index in [1.807, 2.05) is 31.2 Å². The zero-order valence-electron chi connectivity index (χ0n) is 10.6. The fourth-order valence-corrected chi connectivity index (χ4v) is 2.16. The van der Waals surface area contributed by atoms with Gasteiger partial charge >= 0.3 is 0 Å². The fraction of sp³-hybridized carbons (Fsp3) is 0.385. The van der Waals surface area contributed by atoms with Crippen LogP contribution in [-0.4, -0.2) is 30.9 Å². The van der Waals surface area contributed by atoms with Crippen molar-refractivity contribution < 1.29 is 9.59 Å². The van der Waals surface area contributed by atoms with Crippen LogP contribution < -0.4 is 16.0 Å². The zero-order valence-corrected chi connectivity index (χ0v) is 12.2. The van der Waals surface area contributed by atoms with Crippen LogP contribution in [0.1, 0.15) is 18.5 Å². The van der Waals surface area contributed by atoms with Gasteiger partial charge in [-0.3, -0.25) is 14.9 Å². The quantitative estimate of drug-likeness (QED) is 0.766. The molecule has 2 atom stereocenters. The first-order chi connectivity index (χ1) is 9.06. The minimum Gasteiger partial charge on any atom is -0.353 e. The predicted octanol–water partition coefficient (Wildman–Crippen LogP) is 0.714. The maximum Gasteiger partial charge on any atom is 0.239 e. The second-order valence-electron chi connectivity index (χ2n) is 4.52. The lowest BCUT2D eigenvalue weighted by Crippen LogP contribution is -2.58. The van der Waals surface area contributed by atoms with Crippen LogP contribution >= 0.6 is 15.9 Å². The number of rotatable bonds is 3. The molecule has 5 nitrogen and oxygen atoms in total. The molecule has 102 valence electrons. The lowest BCUT2D eigenvalue weighted by Gasteiger charge is -2.25. The standard InChI is InChI=1S/C13H16BrN3O2/c1-8(9-2-4-10(14)5-3-9)17-13(19)11-6-16-12(18)7-15-11/h2-5,8,11,15H,6-7H2,1H3,(H,16,18)(H,17,19)/t8-,11?/m0/s1. The lowest BCUT2D eigenvalue weighted by molar-refractivity contribution is -0.127. The molecule has 1 saturated heterocycles. The molecular formula is C13H16BrN3O2. The molecule has 19 heavy (non-hydrogen) atoms. The highest BCUT2D eigenvalue weighted by atomic mass is 79.9. The smallest absolute Gasteiger partial charge is 0.239 e. The Morgan fingerprint density at radius 2 is 2.11 bits per heavy atom. The van der Waals surface area contributed by atoms with E-state index in [1.165, 1.54) is 0 Å². The first-order valence-corrected chi connectivity index (χ1v) is 6.91. The molecular weight excluding hydrogens is 310 g/mol. The lowest BCUT2D eigenvalue weighted by atomic mass is 10.1. The Balaban J connectivity index is 1.91. The van der Waals surface area contributed by atoms with E-state index >= 15 is 0 Å². The molecule has 2 amide bonds. The molecule has 1 heterocycles. The summed E-state index contributed by atoms with van der Waals surface area (Å²) in [5, 5.41) is 8.50. The third kappa shape index (κ3) is 3.78. The summed E-state index contributed by atoms with van der Waals surface area (Å²) in [6.45, 7) is 2.45. The van der Waals surface area contributed by atoms with E-state index in [0.717, 1.165) is 10.0 Å². The minimum atomic E-state index is -0.365. The second-order valence-corrected chi connectivity index (χ2v) is 5.44. The Labute approximate surface area is 120 Å². The van der Waals surface area contributed by atoms with E-state index in [4.69, 9.17) is 0 Å². The van der Waals surface area contributed by atoms with Gasteiger partial charge in [-0.05, 0) is 24.6 Å². The average Bonchev–Trinajstić information content (AvgIpc) is 2.40. The minimum absolute atomic E-state index is 0.0694. The molecule has 0 aliphatic carbocycles. The highest BCUT2D eigenvalue weighted by Gasteiger charge is 2.24. The van der Waals surface area contributed by atoms with Crippen molar-refractivity contribution in [1.29, 1.82) is 0 Å². The van der Waals surface area contributed by atoms with Crippen LogP contribution in [0.25, 0.3) is 0 Å². The Kier molecular flexibility index (Phi) is 4.55. The van der Waals surface area contributed by atoms with Crippen LogP contribution in [0, 0.1) is 0 Å². The van der Waals surface area contributed by atoms with E-state index < -0.39 is 0 Å². The number of hydrogen-bond acceptors (Lipinski definition) is 3. The second kappa shape index (κ2) is 6.16. The molecule has 1 aromatic rings. The van der Waals surface area contributed by atoms with Crippen LogP contribution in [-0.2, 0) is 9.59 Å². The van der Waals surface area contributed by atoms with E-state index in [2.05, 4.69) is 31.9 Å². The van der Waals surface area contributed by atoms with Crippen molar-refractivity contribution in [2.24, 2.45) is 0 Å². The normalized spacial score (nSPS) is 20.5. The first kappa shape index (κ1) is 14.0. The topological polar surface area (TPSA) is 70.2 Å². The van der Waals surface area contributed by atoms with Crippen LogP contribution in [0.4, 0.5) is 0 Å².